The topological polar surface area (TPSA) is 17.1 Å². The predicted octanol–water partition coefficient (Wildman–Crippen LogP) is 5.23. The van der Waals surface area contributed by atoms with E-state index < -0.39 is 11.7 Å². The van der Waals surface area contributed by atoms with Crippen molar-refractivity contribution in [3.05, 3.63) is 33.8 Å². The van der Waals surface area contributed by atoms with Gasteiger partial charge in [0.1, 0.15) is 0 Å². The number of halogens is 4. The number of hydrogen-bond donors (Lipinski definition) is 0. The molecular formula is C14H14BrF3O. The van der Waals surface area contributed by atoms with Crippen LogP contribution in [0, 0.1) is 5.92 Å². The summed E-state index contributed by atoms with van der Waals surface area (Å²) < 4.78 is 38.4. The molecular weight excluding hydrogens is 321 g/mol. The molecule has 1 aliphatic rings. The lowest BCUT2D eigenvalue weighted by Crippen LogP contribution is -2.18. The van der Waals surface area contributed by atoms with Gasteiger partial charge in [0, 0.05) is 16.0 Å². The van der Waals surface area contributed by atoms with E-state index in [2.05, 4.69) is 15.9 Å². The number of benzene rings is 1. The van der Waals surface area contributed by atoms with Crippen LogP contribution in [0.3, 0.4) is 0 Å². The minimum Gasteiger partial charge on any atom is -0.294 e. The summed E-state index contributed by atoms with van der Waals surface area (Å²) in [6, 6.07) is 3.73. The molecule has 2 rings (SSSR count). The van der Waals surface area contributed by atoms with E-state index in [-0.39, 0.29) is 21.7 Å². The van der Waals surface area contributed by atoms with E-state index in [0.29, 0.717) is 0 Å². The summed E-state index contributed by atoms with van der Waals surface area (Å²) in [4.78, 5) is 12.2. The lowest BCUT2D eigenvalue weighted by Gasteiger charge is -2.21. The first-order chi connectivity index (χ1) is 8.89. The highest BCUT2D eigenvalue weighted by Gasteiger charge is 2.34. The fourth-order valence-corrected chi connectivity index (χ4v) is 2.97. The van der Waals surface area contributed by atoms with Crippen LogP contribution in [-0.2, 0) is 6.18 Å². The molecule has 0 saturated heterocycles. The highest BCUT2D eigenvalue weighted by atomic mass is 79.9. The fraction of sp³-hybridized carbons (Fsp3) is 0.500. The van der Waals surface area contributed by atoms with E-state index in [4.69, 9.17) is 0 Å². The Labute approximate surface area is 118 Å². The molecule has 0 unspecified atom stereocenters. The molecule has 0 N–H and O–H groups in total. The summed E-state index contributed by atoms with van der Waals surface area (Å²) in [6.07, 6.45) is 0.213. The van der Waals surface area contributed by atoms with Crippen LogP contribution in [0.2, 0.25) is 0 Å². The molecule has 0 heterocycles. The fourth-order valence-electron chi connectivity index (χ4n) is 2.50. The summed E-state index contributed by atoms with van der Waals surface area (Å²) in [5.74, 6) is -0.270. The molecule has 1 aromatic rings. The zero-order valence-corrected chi connectivity index (χ0v) is 11.9. The monoisotopic (exact) mass is 334 g/mol. The van der Waals surface area contributed by atoms with Crippen LogP contribution < -0.4 is 0 Å². The van der Waals surface area contributed by atoms with Gasteiger partial charge in [0.25, 0.3) is 0 Å². The summed E-state index contributed by atoms with van der Waals surface area (Å²) >= 11 is 2.88. The highest BCUT2D eigenvalue weighted by Crippen LogP contribution is 2.36. The van der Waals surface area contributed by atoms with Crippen LogP contribution in [0.1, 0.15) is 48.0 Å². The largest absolute Gasteiger partial charge is 0.417 e. The maximum absolute atomic E-state index is 12.8. The predicted molar refractivity (Wildman–Crippen MR) is 70.0 cm³/mol. The lowest BCUT2D eigenvalue weighted by molar-refractivity contribution is -0.138. The minimum atomic E-state index is -4.44. The molecule has 1 fully saturated rings. The number of hydrogen-bond acceptors (Lipinski definition) is 1. The van der Waals surface area contributed by atoms with Crippen LogP contribution in [0.4, 0.5) is 13.2 Å². The van der Waals surface area contributed by atoms with Crippen LogP contribution in [0.5, 0.6) is 0 Å². The quantitative estimate of drug-likeness (QED) is 0.676. The van der Waals surface area contributed by atoms with Crippen LogP contribution in [0.25, 0.3) is 0 Å². The van der Waals surface area contributed by atoms with E-state index in [1.54, 1.807) is 0 Å². The van der Waals surface area contributed by atoms with E-state index in [1.807, 2.05) is 0 Å². The molecule has 5 heteroatoms. The molecule has 0 radical (unpaired) electrons. The van der Waals surface area contributed by atoms with E-state index >= 15 is 0 Å². The molecule has 1 saturated carbocycles. The van der Waals surface area contributed by atoms with Gasteiger partial charge in [-0.05, 0) is 25.0 Å². The van der Waals surface area contributed by atoms with E-state index in [0.717, 1.165) is 38.2 Å². The third-order valence-electron chi connectivity index (χ3n) is 3.53. The summed E-state index contributed by atoms with van der Waals surface area (Å²) in [7, 11) is 0. The Morgan fingerprint density at radius 3 is 2.37 bits per heavy atom. The number of alkyl halides is 3. The Balaban J connectivity index is 2.27. The smallest absolute Gasteiger partial charge is 0.294 e. The highest BCUT2D eigenvalue weighted by molar-refractivity contribution is 9.10. The van der Waals surface area contributed by atoms with Crippen molar-refractivity contribution in [3.63, 3.8) is 0 Å². The zero-order chi connectivity index (χ0) is 14.0. The minimum absolute atomic E-state index is 0.0276. The average molecular weight is 335 g/mol. The molecule has 19 heavy (non-hydrogen) atoms. The van der Waals surface area contributed by atoms with Gasteiger partial charge in [0.05, 0.1) is 5.56 Å². The molecule has 0 amide bonds. The molecule has 0 spiro atoms. The Kier molecular flexibility index (Phi) is 4.33. The van der Waals surface area contributed by atoms with Gasteiger partial charge in [-0.3, -0.25) is 4.79 Å². The molecule has 1 aliphatic carbocycles. The van der Waals surface area contributed by atoms with Gasteiger partial charge < -0.3 is 0 Å². The Hall–Kier alpha value is -0.840. The van der Waals surface area contributed by atoms with Crippen LogP contribution in [0.15, 0.2) is 22.7 Å². The van der Waals surface area contributed by atoms with Gasteiger partial charge in [-0.25, -0.2) is 0 Å². The van der Waals surface area contributed by atoms with Gasteiger partial charge in [-0.1, -0.05) is 41.3 Å². The molecule has 0 aliphatic heterocycles. The first kappa shape index (κ1) is 14.6. The number of carbonyl (C=O) groups excluding carboxylic acids is 1. The first-order valence-electron chi connectivity index (χ1n) is 6.30. The molecule has 0 aromatic heterocycles. The van der Waals surface area contributed by atoms with E-state index in [1.165, 1.54) is 12.1 Å². The van der Waals surface area contributed by atoms with Crippen molar-refractivity contribution in [2.24, 2.45) is 5.92 Å². The number of carbonyl (C=O) groups is 1. The summed E-state index contributed by atoms with van der Waals surface area (Å²) in [6.45, 7) is 0. The second-order valence-corrected chi connectivity index (χ2v) is 5.75. The first-order valence-corrected chi connectivity index (χ1v) is 7.10. The molecule has 1 nitrogen and oxygen atoms in total. The maximum atomic E-state index is 12.8. The molecule has 104 valence electrons. The van der Waals surface area contributed by atoms with E-state index in [9.17, 15) is 18.0 Å². The van der Waals surface area contributed by atoms with Crippen molar-refractivity contribution >= 4 is 21.7 Å². The molecule has 1 aromatic carbocycles. The van der Waals surface area contributed by atoms with Gasteiger partial charge in [0.15, 0.2) is 5.78 Å². The average Bonchev–Trinajstić information content (AvgIpc) is 2.38. The Morgan fingerprint density at radius 2 is 1.79 bits per heavy atom. The van der Waals surface area contributed by atoms with Gasteiger partial charge in [-0.15, -0.1) is 0 Å². The second kappa shape index (κ2) is 5.65. The third kappa shape index (κ3) is 3.38. The number of Topliss-reactive ketones (excluding diaryl/α,β-unsaturated/α-hetero) is 1. The van der Waals surface area contributed by atoms with Crippen LogP contribution >= 0.6 is 15.9 Å². The molecule has 0 atom stereocenters. The van der Waals surface area contributed by atoms with Crippen molar-refractivity contribution in [2.75, 3.05) is 0 Å². The third-order valence-corrected chi connectivity index (χ3v) is 4.22. The number of ketones is 1. The van der Waals surface area contributed by atoms with Crippen LogP contribution in [-0.4, -0.2) is 5.78 Å². The van der Waals surface area contributed by atoms with Crippen molar-refractivity contribution in [1.29, 1.82) is 0 Å². The SMILES string of the molecule is O=C(c1ccc(Br)c(C(F)(F)F)c1)C1CCCCC1. The number of rotatable bonds is 2. The standard InChI is InChI=1S/C14H14BrF3O/c15-12-7-6-10(8-11(12)14(16,17)18)13(19)9-4-2-1-3-5-9/h6-9H,1-5H2. The van der Waals surface area contributed by atoms with Crippen molar-refractivity contribution < 1.29 is 18.0 Å². The zero-order valence-electron chi connectivity index (χ0n) is 10.3. The molecule has 0 bridgehead atoms. The Morgan fingerprint density at radius 1 is 1.16 bits per heavy atom. The van der Waals surface area contributed by atoms with Gasteiger partial charge in [-0.2, -0.15) is 13.2 Å². The normalized spacial score (nSPS) is 17.5. The van der Waals surface area contributed by atoms with Crippen molar-refractivity contribution in [3.8, 4) is 0 Å². The van der Waals surface area contributed by atoms with Gasteiger partial charge in [0.2, 0.25) is 0 Å². The lowest BCUT2D eigenvalue weighted by atomic mass is 9.83. The van der Waals surface area contributed by atoms with Crippen molar-refractivity contribution in [2.45, 2.75) is 38.3 Å². The Bertz CT molecular complexity index is 476. The van der Waals surface area contributed by atoms with Crippen molar-refractivity contribution in [1.82, 2.24) is 0 Å². The second-order valence-electron chi connectivity index (χ2n) is 4.89. The summed E-state index contributed by atoms with van der Waals surface area (Å²) in [5.41, 5.74) is -0.614. The maximum Gasteiger partial charge on any atom is 0.417 e. The van der Waals surface area contributed by atoms with Gasteiger partial charge >= 0.3 is 6.18 Å². The summed E-state index contributed by atoms with van der Waals surface area (Å²) in [5, 5.41) is 0.